The number of alkyl halides is 3. The van der Waals surface area contributed by atoms with Crippen LogP contribution >= 0.6 is 0 Å². The van der Waals surface area contributed by atoms with Crippen LogP contribution in [0, 0.1) is 0 Å². The van der Waals surface area contributed by atoms with E-state index >= 15 is 0 Å². The molecule has 6 nitrogen and oxygen atoms in total. The fourth-order valence-corrected chi connectivity index (χ4v) is 4.13. The third kappa shape index (κ3) is 4.60. The lowest BCUT2D eigenvalue weighted by Crippen LogP contribution is -2.40. The Bertz CT molecular complexity index is 1160. The normalized spacial score (nSPS) is 14.6. The molecule has 0 heterocycles. The Balaban J connectivity index is 1.50. The van der Waals surface area contributed by atoms with Gasteiger partial charge in [-0.2, -0.15) is 13.2 Å². The lowest BCUT2D eigenvalue weighted by atomic mass is 9.98. The van der Waals surface area contributed by atoms with E-state index in [1.807, 2.05) is 48.5 Å². The number of hydrogen-bond donors (Lipinski definition) is 3. The molecular formula is C25H20F3NO5. The highest BCUT2D eigenvalue weighted by atomic mass is 19.4. The van der Waals surface area contributed by atoms with E-state index in [0.29, 0.717) is 0 Å². The number of carbonyl (C=O) groups excluding carboxylic acids is 1. The Morgan fingerprint density at radius 3 is 1.94 bits per heavy atom. The Morgan fingerprint density at radius 2 is 1.44 bits per heavy atom. The molecule has 3 aromatic rings. The molecule has 0 bridgehead atoms. The van der Waals surface area contributed by atoms with Crippen molar-refractivity contribution in [3.8, 4) is 11.1 Å². The van der Waals surface area contributed by atoms with Gasteiger partial charge in [0, 0.05) is 5.92 Å². The number of benzene rings is 3. The van der Waals surface area contributed by atoms with E-state index in [0.717, 1.165) is 46.5 Å². The lowest BCUT2D eigenvalue weighted by molar-refractivity contribution is -0.148. The van der Waals surface area contributed by atoms with E-state index in [1.54, 1.807) is 0 Å². The first-order valence-corrected chi connectivity index (χ1v) is 10.4. The van der Waals surface area contributed by atoms with Crippen molar-refractivity contribution in [3.05, 3.63) is 95.1 Å². The molecule has 0 radical (unpaired) electrons. The highest BCUT2D eigenvalue weighted by molar-refractivity contribution is 5.79. The average Bonchev–Trinajstić information content (AvgIpc) is 3.14. The predicted molar refractivity (Wildman–Crippen MR) is 116 cm³/mol. The molecule has 9 heteroatoms. The standard InChI is InChI=1S/C25H20F3NO5/c26-25(27,28)15-11-9-14(10-12-15)21(22(30)23(31)32)29-24(33)34-13-20-18-7-3-1-5-16(18)17-6-2-4-8-19(17)20/h1-12,20-22,30H,13H2,(H,29,33)(H,31,32)/t21-,22-/m1/s1. The third-order valence-corrected chi connectivity index (χ3v) is 5.78. The van der Waals surface area contributed by atoms with E-state index in [2.05, 4.69) is 5.32 Å². The zero-order valence-corrected chi connectivity index (χ0v) is 17.6. The van der Waals surface area contributed by atoms with Crippen LogP contribution in [0.3, 0.4) is 0 Å². The second-order valence-electron chi connectivity index (χ2n) is 7.85. The monoisotopic (exact) mass is 471 g/mol. The summed E-state index contributed by atoms with van der Waals surface area (Å²) in [5.74, 6) is -1.89. The van der Waals surface area contributed by atoms with Crippen molar-refractivity contribution < 1.29 is 37.7 Å². The molecule has 34 heavy (non-hydrogen) atoms. The molecule has 0 fully saturated rings. The molecule has 1 amide bonds. The van der Waals surface area contributed by atoms with Crippen LogP contribution in [0.15, 0.2) is 72.8 Å². The molecule has 0 aromatic heterocycles. The summed E-state index contributed by atoms with van der Waals surface area (Å²) in [6.45, 7) is -0.0528. The number of aliphatic carboxylic acids is 1. The molecule has 2 atom stereocenters. The quantitative estimate of drug-likeness (QED) is 0.483. The van der Waals surface area contributed by atoms with Crippen LogP contribution in [-0.2, 0) is 15.7 Å². The minimum atomic E-state index is -4.58. The SMILES string of the molecule is O=C(N[C@H](c1ccc(C(F)(F)F)cc1)[C@@H](O)C(=O)O)OCC1c2ccccc2-c2ccccc21. The number of alkyl carbamates (subject to hydrolysis) is 1. The number of ether oxygens (including phenoxy) is 1. The van der Waals surface area contributed by atoms with Gasteiger partial charge >= 0.3 is 18.2 Å². The predicted octanol–water partition coefficient (Wildman–Crippen LogP) is 4.73. The fraction of sp³-hybridized carbons (Fsp3) is 0.200. The van der Waals surface area contributed by atoms with Crippen LogP contribution in [0.1, 0.15) is 34.2 Å². The molecule has 0 spiro atoms. The minimum absolute atomic E-state index is 0.0172. The first-order chi connectivity index (χ1) is 16.2. The summed E-state index contributed by atoms with van der Waals surface area (Å²) in [5, 5.41) is 21.5. The second-order valence-corrected chi connectivity index (χ2v) is 7.85. The van der Waals surface area contributed by atoms with Crippen LogP contribution in [0.2, 0.25) is 0 Å². The Labute approximate surface area is 192 Å². The summed E-state index contributed by atoms with van der Waals surface area (Å²) in [4.78, 5) is 23.9. The van der Waals surface area contributed by atoms with Gasteiger partial charge in [0.25, 0.3) is 0 Å². The molecule has 0 unspecified atom stereocenters. The number of fused-ring (bicyclic) bond motifs is 3. The van der Waals surface area contributed by atoms with E-state index < -0.39 is 35.9 Å². The van der Waals surface area contributed by atoms with Gasteiger partial charge in [-0.25, -0.2) is 9.59 Å². The summed E-state index contributed by atoms with van der Waals surface area (Å²) >= 11 is 0. The van der Waals surface area contributed by atoms with Crippen molar-refractivity contribution in [2.45, 2.75) is 24.2 Å². The summed E-state index contributed by atoms with van der Waals surface area (Å²) in [5.41, 5.74) is 3.03. The van der Waals surface area contributed by atoms with E-state index in [9.17, 15) is 33.0 Å². The van der Waals surface area contributed by atoms with Crippen LogP contribution in [0.4, 0.5) is 18.0 Å². The maximum atomic E-state index is 12.8. The number of hydrogen-bond acceptors (Lipinski definition) is 4. The molecule has 176 valence electrons. The first-order valence-electron chi connectivity index (χ1n) is 10.4. The van der Waals surface area contributed by atoms with Gasteiger partial charge in [0.05, 0.1) is 11.6 Å². The molecule has 1 aliphatic carbocycles. The van der Waals surface area contributed by atoms with Crippen LogP contribution in [0.5, 0.6) is 0 Å². The average molecular weight is 471 g/mol. The number of carboxylic acid groups (broad SMARTS) is 1. The van der Waals surface area contributed by atoms with Gasteiger partial charge in [0.2, 0.25) is 0 Å². The third-order valence-electron chi connectivity index (χ3n) is 5.78. The van der Waals surface area contributed by atoms with Gasteiger partial charge < -0.3 is 20.3 Å². The zero-order valence-electron chi connectivity index (χ0n) is 17.6. The molecule has 3 aromatic carbocycles. The van der Waals surface area contributed by atoms with Crippen LogP contribution in [0.25, 0.3) is 11.1 Å². The molecule has 3 N–H and O–H groups in total. The number of rotatable bonds is 6. The van der Waals surface area contributed by atoms with Crippen molar-refractivity contribution in [2.24, 2.45) is 0 Å². The number of carbonyl (C=O) groups is 2. The fourth-order valence-electron chi connectivity index (χ4n) is 4.13. The maximum Gasteiger partial charge on any atom is 0.416 e. The van der Waals surface area contributed by atoms with Crippen LogP contribution < -0.4 is 5.32 Å². The number of amides is 1. The van der Waals surface area contributed by atoms with Gasteiger partial charge in [0.15, 0.2) is 6.10 Å². The largest absolute Gasteiger partial charge is 0.479 e. The highest BCUT2D eigenvalue weighted by Gasteiger charge is 2.34. The molecule has 4 rings (SSSR count). The summed E-state index contributed by atoms with van der Waals surface area (Å²) < 4.78 is 43.9. The van der Waals surface area contributed by atoms with Crippen molar-refractivity contribution in [1.82, 2.24) is 5.32 Å². The van der Waals surface area contributed by atoms with E-state index in [1.165, 1.54) is 0 Å². The number of carboxylic acids is 1. The second kappa shape index (κ2) is 9.18. The molecule has 0 saturated carbocycles. The highest BCUT2D eigenvalue weighted by Crippen LogP contribution is 2.44. The topological polar surface area (TPSA) is 95.9 Å². The van der Waals surface area contributed by atoms with Gasteiger partial charge in [-0.05, 0) is 39.9 Å². The smallest absolute Gasteiger partial charge is 0.416 e. The van der Waals surface area contributed by atoms with Gasteiger partial charge in [-0.15, -0.1) is 0 Å². The molecule has 1 aliphatic rings. The molecular weight excluding hydrogens is 451 g/mol. The van der Waals surface area contributed by atoms with E-state index in [-0.39, 0.29) is 18.1 Å². The van der Waals surface area contributed by atoms with Crippen molar-refractivity contribution in [3.63, 3.8) is 0 Å². The van der Waals surface area contributed by atoms with Crippen LogP contribution in [-0.4, -0.2) is 35.0 Å². The molecule has 0 aliphatic heterocycles. The van der Waals surface area contributed by atoms with Crippen molar-refractivity contribution >= 4 is 12.1 Å². The summed E-state index contributed by atoms with van der Waals surface area (Å²) in [7, 11) is 0. The Morgan fingerprint density at radius 1 is 0.912 bits per heavy atom. The van der Waals surface area contributed by atoms with Crippen molar-refractivity contribution in [1.29, 1.82) is 0 Å². The number of halogens is 3. The number of aliphatic hydroxyl groups excluding tert-OH is 1. The number of aliphatic hydroxyl groups is 1. The summed E-state index contributed by atoms with van der Waals surface area (Å²) in [6, 6.07) is 17.4. The minimum Gasteiger partial charge on any atom is -0.479 e. The van der Waals surface area contributed by atoms with Gasteiger partial charge in [0.1, 0.15) is 6.61 Å². The van der Waals surface area contributed by atoms with Gasteiger partial charge in [-0.3, -0.25) is 0 Å². The molecule has 0 saturated heterocycles. The first kappa shape index (κ1) is 23.3. The Hall–Kier alpha value is -3.85. The maximum absolute atomic E-state index is 12.8. The van der Waals surface area contributed by atoms with Crippen molar-refractivity contribution in [2.75, 3.05) is 6.61 Å². The zero-order chi connectivity index (χ0) is 24.5. The lowest BCUT2D eigenvalue weighted by Gasteiger charge is -2.23. The number of nitrogens with one attached hydrogen (secondary N) is 1. The van der Waals surface area contributed by atoms with Gasteiger partial charge in [-0.1, -0.05) is 60.7 Å². The Kier molecular flexibility index (Phi) is 6.30. The van der Waals surface area contributed by atoms with E-state index in [4.69, 9.17) is 4.74 Å². The summed E-state index contributed by atoms with van der Waals surface area (Å²) in [6.07, 6.45) is -7.69.